The van der Waals surface area contributed by atoms with Gasteiger partial charge in [0, 0.05) is 10.5 Å². The maximum atomic E-state index is 3.80. The molecule has 2 unspecified atom stereocenters. The van der Waals surface area contributed by atoms with Gasteiger partial charge in [-0.15, -0.1) is 0 Å². The molecule has 1 aromatic carbocycles. The molecule has 1 N–H and O–H groups in total. The van der Waals surface area contributed by atoms with Crippen LogP contribution in [0.4, 0.5) is 0 Å². The molecule has 2 atom stereocenters. The number of hydrogen-bond acceptors (Lipinski definition) is 1. The molecule has 0 aromatic heterocycles. The van der Waals surface area contributed by atoms with Crippen LogP contribution in [-0.4, -0.2) is 6.54 Å². The van der Waals surface area contributed by atoms with E-state index in [4.69, 9.17) is 0 Å². The number of rotatable bonds is 7. The van der Waals surface area contributed by atoms with E-state index in [1.165, 1.54) is 60.7 Å². The summed E-state index contributed by atoms with van der Waals surface area (Å²) in [6.45, 7) is 5.78. The summed E-state index contributed by atoms with van der Waals surface area (Å²) in [4.78, 5) is 0. The number of hydrogen-bond donors (Lipinski definition) is 1. The number of unbranched alkanes of at least 4 members (excludes halogenated alkanes) is 1. The second-order valence-electron chi connectivity index (χ2n) is 5.72. The molecule has 0 bridgehead atoms. The molecule has 0 radical (unpaired) electrons. The van der Waals surface area contributed by atoms with E-state index >= 15 is 0 Å². The molecule has 106 valence electrons. The van der Waals surface area contributed by atoms with Gasteiger partial charge in [-0.1, -0.05) is 61.2 Å². The molecule has 1 aromatic rings. The summed E-state index contributed by atoms with van der Waals surface area (Å²) in [5, 5.41) is 3.80. The quantitative estimate of drug-likeness (QED) is 0.723. The monoisotopic (exact) mass is 323 g/mol. The first-order valence-electron chi connectivity index (χ1n) is 7.76. The molecule has 0 saturated carbocycles. The van der Waals surface area contributed by atoms with Crippen LogP contribution >= 0.6 is 15.9 Å². The minimum absolute atomic E-state index is 0.572. The SMILES string of the molecule is CCCCC(CC)CNC1CCc2c(Br)cccc21. The first-order valence-corrected chi connectivity index (χ1v) is 8.56. The van der Waals surface area contributed by atoms with E-state index < -0.39 is 0 Å². The van der Waals surface area contributed by atoms with Crippen LogP contribution < -0.4 is 5.32 Å². The largest absolute Gasteiger partial charge is 0.310 e. The summed E-state index contributed by atoms with van der Waals surface area (Å²) >= 11 is 3.67. The molecule has 0 saturated heterocycles. The molecule has 1 aliphatic carbocycles. The molecule has 0 heterocycles. The van der Waals surface area contributed by atoms with Crippen LogP contribution in [0.5, 0.6) is 0 Å². The fourth-order valence-corrected chi connectivity index (χ4v) is 3.65. The summed E-state index contributed by atoms with van der Waals surface area (Å²) in [5.41, 5.74) is 3.03. The van der Waals surface area contributed by atoms with E-state index in [1.807, 2.05) is 0 Å². The van der Waals surface area contributed by atoms with Gasteiger partial charge in [0.15, 0.2) is 0 Å². The molecular weight excluding hydrogens is 298 g/mol. The minimum Gasteiger partial charge on any atom is -0.310 e. The van der Waals surface area contributed by atoms with Gasteiger partial charge < -0.3 is 5.32 Å². The molecule has 2 heteroatoms. The average molecular weight is 324 g/mol. The number of halogens is 1. The lowest BCUT2D eigenvalue weighted by Gasteiger charge is -2.20. The zero-order chi connectivity index (χ0) is 13.7. The van der Waals surface area contributed by atoms with Crippen molar-refractivity contribution in [3.05, 3.63) is 33.8 Å². The lowest BCUT2D eigenvalue weighted by atomic mass is 9.98. The van der Waals surface area contributed by atoms with E-state index in [1.54, 1.807) is 0 Å². The molecule has 0 aliphatic heterocycles. The number of nitrogens with one attached hydrogen (secondary N) is 1. The third-order valence-electron chi connectivity index (χ3n) is 4.41. The maximum absolute atomic E-state index is 3.80. The predicted octanol–water partition coefficient (Wildman–Crippen LogP) is 5.24. The zero-order valence-electron chi connectivity index (χ0n) is 12.2. The Morgan fingerprint density at radius 3 is 2.95 bits per heavy atom. The zero-order valence-corrected chi connectivity index (χ0v) is 13.8. The molecule has 2 rings (SSSR count). The lowest BCUT2D eigenvalue weighted by molar-refractivity contribution is 0.389. The van der Waals surface area contributed by atoms with Crippen molar-refractivity contribution in [2.24, 2.45) is 5.92 Å². The fourth-order valence-electron chi connectivity index (χ4n) is 3.07. The highest BCUT2D eigenvalue weighted by Gasteiger charge is 2.23. The Bertz CT molecular complexity index is 402. The molecule has 0 amide bonds. The maximum Gasteiger partial charge on any atom is 0.0326 e. The number of benzene rings is 1. The van der Waals surface area contributed by atoms with Crippen molar-refractivity contribution in [3.63, 3.8) is 0 Å². The second kappa shape index (κ2) is 7.44. The summed E-state index contributed by atoms with van der Waals surface area (Å²) in [6, 6.07) is 7.19. The van der Waals surface area contributed by atoms with Crippen molar-refractivity contribution in [1.29, 1.82) is 0 Å². The second-order valence-corrected chi connectivity index (χ2v) is 6.58. The first-order chi connectivity index (χ1) is 9.26. The Kier molecular flexibility index (Phi) is 5.90. The molecule has 1 aliphatic rings. The van der Waals surface area contributed by atoms with Crippen LogP contribution in [0.2, 0.25) is 0 Å². The molecule has 0 spiro atoms. The summed E-state index contributed by atoms with van der Waals surface area (Å²) < 4.78 is 1.28. The Morgan fingerprint density at radius 2 is 2.21 bits per heavy atom. The third-order valence-corrected chi connectivity index (χ3v) is 5.15. The predicted molar refractivity (Wildman–Crippen MR) is 86.5 cm³/mol. The highest BCUT2D eigenvalue weighted by Crippen LogP contribution is 2.35. The fraction of sp³-hybridized carbons (Fsp3) is 0.647. The number of fused-ring (bicyclic) bond motifs is 1. The van der Waals surface area contributed by atoms with Gasteiger partial charge >= 0.3 is 0 Å². The van der Waals surface area contributed by atoms with Gasteiger partial charge in [0.1, 0.15) is 0 Å². The van der Waals surface area contributed by atoms with Crippen molar-refractivity contribution in [2.45, 2.75) is 58.4 Å². The van der Waals surface area contributed by atoms with Gasteiger partial charge in [0.05, 0.1) is 0 Å². The average Bonchev–Trinajstić information content (AvgIpc) is 2.84. The van der Waals surface area contributed by atoms with Crippen molar-refractivity contribution in [1.82, 2.24) is 5.32 Å². The van der Waals surface area contributed by atoms with E-state index in [9.17, 15) is 0 Å². The Morgan fingerprint density at radius 1 is 1.37 bits per heavy atom. The van der Waals surface area contributed by atoms with Crippen molar-refractivity contribution < 1.29 is 0 Å². The standard InChI is InChI=1S/C17H26BrN/c1-3-5-7-13(4-2)12-19-17-11-10-14-15(17)8-6-9-16(14)18/h6,8-9,13,17,19H,3-5,7,10-12H2,1-2H3. The highest BCUT2D eigenvalue weighted by atomic mass is 79.9. The summed E-state index contributed by atoms with van der Waals surface area (Å²) in [5.74, 6) is 0.844. The Hall–Kier alpha value is -0.340. The van der Waals surface area contributed by atoms with E-state index in [-0.39, 0.29) is 0 Å². The van der Waals surface area contributed by atoms with Gasteiger partial charge in [-0.05, 0) is 48.9 Å². The van der Waals surface area contributed by atoms with Gasteiger partial charge in [-0.25, -0.2) is 0 Å². The smallest absolute Gasteiger partial charge is 0.0326 e. The summed E-state index contributed by atoms with van der Waals surface area (Å²) in [7, 11) is 0. The van der Waals surface area contributed by atoms with Gasteiger partial charge in [0.25, 0.3) is 0 Å². The van der Waals surface area contributed by atoms with Crippen molar-refractivity contribution in [3.8, 4) is 0 Å². The van der Waals surface area contributed by atoms with Crippen LogP contribution in [0.1, 0.15) is 63.1 Å². The van der Waals surface area contributed by atoms with E-state index in [0.29, 0.717) is 6.04 Å². The molecular formula is C17H26BrN. The van der Waals surface area contributed by atoms with E-state index in [0.717, 1.165) is 5.92 Å². The van der Waals surface area contributed by atoms with Crippen molar-refractivity contribution in [2.75, 3.05) is 6.54 Å². The topological polar surface area (TPSA) is 12.0 Å². The molecule has 0 fully saturated rings. The minimum atomic E-state index is 0.572. The Labute approximate surface area is 126 Å². The van der Waals surface area contributed by atoms with Gasteiger partial charge in [-0.2, -0.15) is 0 Å². The van der Waals surface area contributed by atoms with Gasteiger partial charge in [0.2, 0.25) is 0 Å². The first kappa shape index (κ1) is 15.1. The third kappa shape index (κ3) is 3.82. The highest BCUT2D eigenvalue weighted by molar-refractivity contribution is 9.10. The van der Waals surface area contributed by atoms with Crippen LogP contribution in [0.15, 0.2) is 22.7 Å². The van der Waals surface area contributed by atoms with Crippen LogP contribution in [0.25, 0.3) is 0 Å². The molecule has 1 nitrogen and oxygen atoms in total. The normalized spacial score (nSPS) is 19.4. The van der Waals surface area contributed by atoms with Crippen molar-refractivity contribution >= 4 is 15.9 Å². The molecule has 19 heavy (non-hydrogen) atoms. The van der Waals surface area contributed by atoms with Crippen LogP contribution in [0.3, 0.4) is 0 Å². The van der Waals surface area contributed by atoms with Gasteiger partial charge in [-0.3, -0.25) is 0 Å². The van der Waals surface area contributed by atoms with Crippen LogP contribution in [-0.2, 0) is 6.42 Å². The van der Waals surface area contributed by atoms with Crippen LogP contribution in [0, 0.1) is 5.92 Å². The summed E-state index contributed by atoms with van der Waals surface area (Å²) in [6.07, 6.45) is 7.81. The van der Waals surface area contributed by atoms with E-state index in [2.05, 4.69) is 53.3 Å². The lowest BCUT2D eigenvalue weighted by Crippen LogP contribution is -2.26. The Balaban J connectivity index is 1.90.